The Labute approximate surface area is 127 Å². The number of nitrogens with one attached hydrogen (secondary N) is 1. The van der Waals surface area contributed by atoms with Gasteiger partial charge in [0.15, 0.2) is 6.61 Å². The zero-order chi connectivity index (χ0) is 15.8. The summed E-state index contributed by atoms with van der Waals surface area (Å²) in [6.07, 6.45) is 2.92. The van der Waals surface area contributed by atoms with E-state index in [2.05, 4.69) is 5.32 Å². The second kappa shape index (κ2) is 7.60. The van der Waals surface area contributed by atoms with Gasteiger partial charge >= 0.3 is 0 Å². The molecule has 0 unspecified atom stereocenters. The summed E-state index contributed by atoms with van der Waals surface area (Å²) in [5, 5.41) is 10.9. The normalized spacial score (nSPS) is 10.2. The zero-order valence-electron chi connectivity index (χ0n) is 11.6. The lowest BCUT2D eigenvalue weighted by Gasteiger charge is -2.03. The average molecular weight is 296 g/mol. The molecule has 0 saturated carbocycles. The number of para-hydroxylation sites is 1. The number of nitrogens with zero attached hydrogens (tertiary/aromatic N) is 1. The Morgan fingerprint density at radius 1 is 1.23 bits per heavy atom. The fourth-order valence-electron chi connectivity index (χ4n) is 1.70. The Morgan fingerprint density at radius 3 is 2.64 bits per heavy atom. The van der Waals surface area contributed by atoms with Crippen molar-refractivity contribution in [1.82, 2.24) is 0 Å². The summed E-state index contributed by atoms with van der Waals surface area (Å²) in [5.74, 6) is -0.326. The maximum Gasteiger partial charge on any atom is 0.248 e. The van der Waals surface area contributed by atoms with Crippen molar-refractivity contribution in [1.29, 1.82) is 5.26 Å². The van der Waals surface area contributed by atoms with E-state index in [-0.39, 0.29) is 12.3 Å². The van der Waals surface area contributed by atoms with E-state index in [1.165, 1.54) is 18.2 Å². The first-order chi connectivity index (χ1) is 10.7. The molecule has 2 rings (SSSR count). The molecule has 0 saturated heterocycles. The second-order valence-corrected chi connectivity index (χ2v) is 4.32. The molecule has 0 aliphatic carbocycles. The first-order valence-electron chi connectivity index (χ1n) is 6.52. The van der Waals surface area contributed by atoms with Crippen molar-refractivity contribution >= 4 is 17.7 Å². The Kier molecular flexibility index (Phi) is 5.27. The highest BCUT2D eigenvalue weighted by Gasteiger charge is 2.02. The molecule has 0 heterocycles. The molecule has 0 aromatic heterocycles. The molecule has 5 heteroatoms. The summed E-state index contributed by atoms with van der Waals surface area (Å²) in [7, 11) is 0. The molecule has 1 amide bonds. The molecule has 22 heavy (non-hydrogen) atoms. The topological polar surface area (TPSA) is 62.1 Å². The summed E-state index contributed by atoms with van der Waals surface area (Å²) in [5.41, 5.74) is 0.922. The quantitative estimate of drug-likeness (QED) is 0.860. The van der Waals surface area contributed by atoms with Crippen LogP contribution in [0.15, 0.2) is 54.6 Å². The van der Waals surface area contributed by atoms with Gasteiger partial charge in [0.2, 0.25) is 5.91 Å². The molecule has 0 radical (unpaired) electrons. The van der Waals surface area contributed by atoms with Crippen LogP contribution in [0.1, 0.15) is 5.56 Å². The van der Waals surface area contributed by atoms with E-state index in [4.69, 9.17) is 10.00 Å². The maximum atomic E-state index is 13.4. The van der Waals surface area contributed by atoms with Crippen LogP contribution < -0.4 is 10.1 Å². The first kappa shape index (κ1) is 15.3. The van der Waals surface area contributed by atoms with Gasteiger partial charge < -0.3 is 10.1 Å². The van der Waals surface area contributed by atoms with E-state index >= 15 is 0 Å². The first-order valence-corrected chi connectivity index (χ1v) is 6.52. The highest BCUT2D eigenvalue weighted by atomic mass is 19.1. The van der Waals surface area contributed by atoms with Gasteiger partial charge in [0.1, 0.15) is 17.6 Å². The van der Waals surface area contributed by atoms with Crippen LogP contribution in [0.3, 0.4) is 0 Å². The second-order valence-electron chi connectivity index (χ2n) is 4.32. The molecule has 110 valence electrons. The number of amides is 1. The van der Waals surface area contributed by atoms with Gasteiger partial charge in [-0.25, -0.2) is 4.39 Å². The fraction of sp³-hybridized carbons (Fsp3) is 0.0588. The molecule has 2 aromatic carbocycles. The number of rotatable bonds is 5. The Hall–Kier alpha value is -3.13. The number of hydrogen-bond acceptors (Lipinski definition) is 3. The zero-order valence-corrected chi connectivity index (χ0v) is 11.6. The van der Waals surface area contributed by atoms with E-state index in [9.17, 15) is 9.18 Å². The summed E-state index contributed by atoms with van der Waals surface area (Å²) in [6.45, 7) is -0.0137. The van der Waals surface area contributed by atoms with Crippen LogP contribution >= 0.6 is 0 Å². The van der Waals surface area contributed by atoms with Crippen LogP contribution in [-0.4, -0.2) is 12.5 Å². The Bertz CT molecular complexity index is 718. The van der Waals surface area contributed by atoms with Crippen LogP contribution in [0.25, 0.3) is 6.08 Å². The lowest BCUT2D eigenvalue weighted by atomic mass is 10.2. The average Bonchev–Trinajstić information content (AvgIpc) is 2.54. The van der Waals surface area contributed by atoms with Crippen LogP contribution in [-0.2, 0) is 4.79 Å². The molecule has 2 aromatic rings. The molecule has 0 spiro atoms. The summed E-state index contributed by atoms with van der Waals surface area (Å²) < 4.78 is 18.5. The van der Waals surface area contributed by atoms with Crippen molar-refractivity contribution in [2.75, 3.05) is 11.9 Å². The molecule has 4 nitrogen and oxygen atoms in total. The number of halogens is 1. The molecule has 0 fully saturated rings. The van der Waals surface area contributed by atoms with Gasteiger partial charge in [-0.2, -0.15) is 5.26 Å². The highest BCUT2D eigenvalue weighted by Crippen LogP contribution is 2.14. The third kappa shape index (κ3) is 4.46. The fourth-order valence-corrected chi connectivity index (χ4v) is 1.70. The minimum Gasteiger partial charge on any atom is -0.479 e. The molecular weight excluding hydrogens is 283 g/mol. The Balaban J connectivity index is 1.95. The summed E-state index contributed by atoms with van der Waals surface area (Å²) in [6, 6.07) is 14.7. The van der Waals surface area contributed by atoms with Gasteiger partial charge in [-0.1, -0.05) is 24.3 Å². The number of anilines is 1. The van der Waals surface area contributed by atoms with E-state index in [0.717, 1.165) is 5.56 Å². The van der Waals surface area contributed by atoms with Crippen molar-refractivity contribution in [2.45, 2.75) is 0 Å². The van der Waals surface area contributed by atoms with E-state index < -0.39 is 11.7 Å². The molecule has 0 atom stereocenters. The lowest BCUT2D eigenvalue weighted by molar-refractivity contribution is -0.111. The number of benzene rings is 2. The van der Waals surface area contributed by atoms with Gasteiger partial charge in [-0.05, 0) is 35.9 Å². The molecule has 1 N–H and O–H groups in total. The molecular formula is C17H13FN2O2. The lowest BCUT2D eigenvalue weighted by Crippen LogP contribution is -2.08. The predicted molar refractivity (Wildman–Crippen MR) is 81.6 cm³/mol. The van der Waals surface area contributed by atoms with Crippen molar-refractivity contribution in [3.05, 3.63) is 66.0 Å². The largest absolute Gasteiger partial charge is 0.479 e. The molecule has 0 aliphatic rings. The number of carbonyl (C=O) groups is 1. The van der Waals surface area contributed by atoms with Crippen molar-refractivity contribution in [3.8, 4) is 11.8 Å². The molecule has 0 bridgehead atoms. The Morgan fingerprint density at radius 2 is 1.95 bits per heavy atom. The standard InChI is InChI=1S/C17H13FN2O2/c18-15-3-1-2-4-16(15)20-17(21)10-7-13-5-8-14(9-6-13)22-12-11-19/h1-10H,12H2,(H,20,21)/b10-7+. The highest BCUT2D eigenvalue weighted by molar-refractivity contribution is 6.01. The van der Waals surface area contributed by atoms with Crippen molar-refractivity contribution in [2.24, 2.45) is 0 Å². The van der Waals surface area contributed by atoms with Gasteiger partial charge in [0.25, 0.3) is 0 Å². The number of ether oxygens (including phenoxy) is 1. The predicted octanol–water partition coefficient (Wildman–Crippen LogP) is 3.38. The van der Waals surface area contributed by atoms with Gasteiger partial charge in [0.05, 0.1) is 5.69 Å². The minimum absolute atomic E-state index is 0.0137. The van der Waals surface area contributed by atoms with E-state index in [1.807, 2.05) is 6.07 Å². The van der Waals surface area contributed by atoms with Crippen LogP contribution in [0, 0.1) is 17.1 Å². The molecule has 0 aliphatic heterocycles. The number of hydrogen-bond donors (Lipinski definition) is 1. The van der Waals surface area contributed by atoms with E-state index in [0.29, 0.717) is 5.75 Å². The summed E-state index contributed by atoms with van der Waals surface area (Å²) in [4.78, 5) is 11.7. The SMILES string of the molecule is N#CCOc1ccc(/C=C/C(=O)Nc2ccccc2F)cc1. The number of nitriles is 1. The third-order valence-electron chi connectivity index (χ3n) is 2.74. The maximum absolute atomic E-state index is 13.4. The van der Waals surface area contributed by atoms with Gasteiger partial charge in [0, 0.05) is 6.08 Å². The number of carbonyl (C=O) groups excluding carboxylic acids is 1. The third-order valence-corrected chi connectivity index (χ3v) is 2.74. The van der Waals surface area contributed by atoms with Crippen molar-refractivity contribution in [3.63, 3.8) is 0 Å². The smallest absolute Gasteiger partial charge is 0.248 e. The minimum atomic E-state index is -0.483. The van der Waals surface area contributed by atoms with E-state index in [1.54, 1.807) is 42.5 Å². The monoisotopic (exact) mass is 296 g/mol. The van der Waals surface area contributed by atoms with Gasteiger partial charge in [-0.3, -0.25) is 4.79 Å². The van der Waals surface area contributed by atoms with Gasteiger partial charge in [-0.15, -0.1) is 0 Å². The van der Waals surface area contributed by atoms with Crippen LogP contribution in [0.5, 0.6) is 5.75 Å². The van der Waals surface area contributed by atoms with Crippen molar-refractivity contribution < 1.29 is 13.9 Å². The van der Waals surface area contributed by atoms with Crippen LogP contribution in [0.4, 0.5) is 10.1 Å². The van der Waals surface area contributed by atoms with Crippen LogP contribution in [0.2, 0.25) is 0 Å². The summed E-state index contributed by atoms with van der Waals surface area (Å²) >= 11 is 0.